The Morgan fingerprint density at radius 3 is 2.37 bits per heavy atom. The molecule has 0 spiro atoms. The van der Waals surface area contributed by atoms with E-state index >= 15 is 0 Å². The van der Waals surface area contributed by atoms with Crippen molar-refractivity contribution in [1.29, 1.82) is 0 Å². The summed E-state index contributed by atoms with van der Waals surface area (Å²) in [6.07, 6.45) is 5.65. The molecule has 2 aliphatic rings. The van der Waals surface area contributed by atoms with E-state index in [0.29, 0.717) is 11.6 Å². The van der Waals surface area contributed by atoms with E-state index in [1.807, 2.05) is 18.2 Å². The maximum Gasteiger partial charge on any atom is 0.329 e. The SMILES string of the molecule is O=C1NC(C2CCCCC2)C(=O)N1c1ccccc1. The fourth-order valence-corrected chi connectivity index (χ4v) is 3.11. The molecule has 2 fully saturated rings. The Morgan fingerprint density at radius 2 is 1.68 bits per heavy atom. The lowest BCUT2D eigenvalue weighted by molar-refractivity contribution is -0.119. The topological polar surface area (TPSA) is 49.4 Å². The van der Waals surface area contributed by atoms with Crippen LogP contribution in [0.1, 0.15) is 32.1 Å². The molecule has 1 aromatic carbocycles. The van der Waals surface area contributed by atoms with Crippen molar-refractivity contribution in [3.8, 4) is 0 Å². The minimum atomic E-state index is -0.326. The second kappa shape index (κ2) is 5.03. The molecule has 3 amide bonds. The molecule has 1 aliphatic carbocycles. The molecule has 0 aromatic heterocycles. The van der Waals surface area contributed by atoms with Crippen LogP contribution < -0.4 is 10.2 Å². The lowest BCUT2D eigenvalue weighted by Crippen LogP contribution is -2.38. The van der Waals surface area contributed by atoms with Crippen LogP contribution in [0.3, 0.4) is 0 Å². The highest BCUT2D eigenvalue weighted by Gasteiger charge is 2.43. The Labute approximate surface area is 112 Å². The minimum Gasteiger partial charge on any atom is -0.325 e. The zero-order chi connectivity index (χ0) is 13.2. The normalized spacial score (nSPS) is 24.6. The number of benzene rings is 1. The largest absolute Gasteiger partial charge is 0.329 e. The Balaban J connectivity index is 1.81. The number of carbonyl (C=O) groups is 2. The molecule has 1 aromatic rings. The highest BCUT2D eigenvalue weighted by Crippen LogP contribution is 2.30. The molecular formula is C15H18N2O2. The van der Waals surface area contributed by atoms with Crippen molar-refractivity contribution in [2.45, 2.75) is 38.1 Å². The lowest BCUT2D eigenvalue weighted by atomic mass is 9.84. The summed E-state index contributed by atoms with van der Waals surface area (Å²) in [5.41, 5.74) is 0.656. The quantitative estimate of drug-likeness (QED) is 0.829. The number of hydrogen-bond acceptors (Lipinski definition) is 2. The van der Waals surface area contributed by atoms with Gasteiger partial charge in [0.25, 0.3) is 5.91 Å². The highest BCUT2D eigenvalue weighted by atomic mass is 16.2. The molecule has 1 aliphatic heterocycles. The van der Waals surface area contributed by atoms with Crippen molar-refractivity contribution in [2.24, 2.45) is 5.92 Å². The van der Waals surface area contributed by atoms with Gasteiger partial charge in [0.15, 0.2) is 0 Å². The summed E-state index contributed by atoms with van der Waals surface area (Å²) in [5, 5.41) is 2.86. The van der Waals surface area contributed by atoms with E-state index in [1.165, 1.54) is 11.3 Å². The number of carbonyl (C=O) groups excluding carboxylic acids is 2. The van der Waals surface area contributed by atoms with Gasteiger partial charge in [0.2, 0.25) is 0 Å². The van der Waals surface area contributed by atoms with E-state index in [0.717, 1.165) is 25.7 Å². The van der Waals surface area contributed by atoms with Crippen molar-refractivity contribution < 1.29 is 9.59 Å². The average molecular weight is 258 g/mol. The molecule has 1 unspecified atom stereocenters. The number of nitrogens with one attached hydrogen (secondary N) is 1. The molecule has 4 heteroatoms. The van der Waals surface area contributed by atoms with Crippen LogP contribution in [-0.2, 0) is 4.79 Å². The summed E-state index contributed by atoms with van der Waals surface area (Å²) < 4.78 is 0. The van der Waals surface area contributed by atoms with Gasteiger partial charge in [-0.15, -0.1) is 0 Å². The van der Waals surface area contributed by atoms with E-state index in [-0.39, 0.29) is 18.0 Å². The Bertz CT molecular complexity index is 480. The Hall–Kier alpha value is -1.84. The fourth-order valence-electron chi connectivity index (χ4n) is 3.11. The van der Waals surface area contributed by atoms with Gasteiger partial charge < -0.3 is 5.32 Å². The first kappa shape index (κ1) is 12.2. The molecule has 100 valence electrons. The molecule has 1 saturated carbocycles. The third-order valence-electron chi connectivity index (χ3n) is 4.10. The van der Waals surface area contributed by atoms with Gasteiger partial charge in [-0.3, -0.25) is 4.79 Å². The van der Waals surface area contributed by atoms with E-state index in [2.05, 4.69) is 5.32 Å². The van der Waals surface area contributed by atoms with Crippen molar-refractivity contribution in [3.05, 3.63) is 30.3 Å². The molecule has 1 heterocycles. The van der Waals surface area contributed by atoms with Crippen molar-refractivity contribution >= 4 is 17.6 Å². The molecule has 1 saturated heterocycles. The number of imide groups is 1. The van der Waals surface area contributed by atoms with E-state index in [9.17, 15) is 9.59 Å². The second-order valence-electron chi connectivity index (χ2n) is 5.33. The van der Waals surface area contributed by atoms with Crippen LogP contribution in [0.5, 0.6) is 0 Å². The van der Waals surface area contributed by atoms with Gasteiger partial charge >= 0.3 is 6.03 Å². The van der Waals surface area contributed by atoms with Crippen LogP contribution >= 0.6 is 0 Å². The summed E-state index contributed by atoms with van der Waals surface area (Å²) in [6.45, 7) is 0. The molecular weight excluding hydrogens is 240 g/mol. The second-order valence-corrected chi connectivity index (χ2v) is 5.33. The fraction of sp³-hybridized carbons (Fsp3) is 0.467. The average Bonchev–Trinajstić information content (AvgIpc) is 2.76. The first-order valence-corrected chi connectivity index (χ1v) is 6.97. The van der Waals surface area contributed by atoms with Gasteiger partial charge in [-0.2, -0.15) is 0 Å². The van der Waals surface area contributed by atoms with Crippen molar-refractivity contribution in [2.75, 3.05) is 4.90 Å². The first-order chi connectivity index (χ1) is 9.27. The maximum absolute atomic E-state index is 12.5. The number of amides is 3. The predicted molar refractivity (Wildman–Crippen MR) is 72.8 cm³/mol. The van der Waals surface area contributed by atoms with Gasteiger partial charge in [-0.05, 0) is 30.9 Å². The van der Waals surface area contributed by atoms with Gasteiger partial charge in [-0.1, -0.05) is 37.5 Å². The maximum atomic E-state index is 12.5. The summed E-state index contributed by atoms with van der Waals surface area (Å²) >= 11 is 0. The van der Waals surface area contributed by atoms with E-state index < -0.39 is 0 Å². The zero-order valence-corrected chi connectivity index (χ0v) is 10.8. The number of rotatable bonds is 2. The predicted octanol–water partition coefficient (Wildman–Crippen LogP) is 2.69. The van der Waals surface area contributed by atoms with Gasteiger partial charge in [-0.25, -0.2) is 9.69 Å². The van der Waals surface area contributed by atoms with E-state index in [1.54, 1.807) is 12.1 Å². The molecule has 1 N–H and O–H groups in total. The molecule has 0 bridgehead atoms. The van der Waals surface area contributed by atoms with Gasteiger partial charge in [0, 0.05) is 0 Å². The number of anilines is 1. The molecule has 19 heavy (non-hydrogen) atoms. The molecule has 1 atom stereocenters. The first-order valence-electron chi connectivity index (χ1n) is 6.97. The standard InChI is InChI=1S/C15H18N2O2/c18-14-13(11-7-3-1-4-8-11)16-15(19)17(14)12-9-5-2-6-10-12/h2,5-6,9-11,13H,1,3-4,7-8H2,(H,16,19). The third kappa shape index (κ3) is 2.23. The van der Waals surface area contributed by atoms with Crippen molar-refractivity contribution in [1.82, 2.24) is 5.32 Å². The van der Waals surface area contributed by atoms with Crippen molar-refractivity contribution in [3.63, 3.8) is 0 Å². The van der Waals surface area contributed by atoms with E-state index in [4.69, 9.17) is 0 Å². The van der Waals surface area contributed by atoms with Crippen LogP contribution in [0.2, 0.25) is 0 Å². The lowest BCUT2D eigenvalue weighted by Gasteiger charge is -2.25. The van der Waals surface area contributed by atoms with Crippen LogP contribution in [0.25, 0.3) is 0 Å². The Morgan fingerprint density at radius 1 is 1.00 bits per heavy atom. The highest BCUT2D eigenvalue weighted by molar-refractivity contribution is 6.21. The number of urea groups is 1. The number of para-hydroxylation sites is 1. The van der Waals surface area contributed by atoms with Crippen LogP contribution in [0.15, 0.2) is 30.3 Å². The molecule has 0 radical (unpaired) electrons. The van der Waals surface area contributed by atoms with Crippen LogP contribution in [-0.4, -0.2) is 18.0 Å². The number of nitrogens with zero attached hydrogens (tertiary/aromatic N) is 1. The molecule has 3 rings (SSSR count). The summed E-state index contributed by atoms with van der Waals surface area (Å²) in [7, 11) is 0. The monoisotopic (exact) mass is 258 g/mol. The summed E-state index contributed by atoms with van der Waals surface area (Å²) in [4.78, 5) is 25.8. The minimum absolute atomic E-state index is 0.0944. The van der Waals surface area contributed by atoms with Crippen LogP contribution in [0, 0.1) is 5.92 Å². The third-order valence-corrected chi connectivity index (χ3v) is 4.10. The summed E-state index contributed by atoms with van der Waals surface area (Å²) in [5.74, 6) is 0.210. The van der Waals surface area contributed by atoms with Crippen LogP contribution in [0.4, 0.5) is 10.5 Å². The number of hydrogen-bond donors (Lipinski definition) is 1. The van der Waals surface area contributed by atoms with Gasteiger partial charge in [0.1, 0.15) is 6.04 Å². The zero-order valence-electron chi connectivity index (χ0n) is 10.8. The Kier molecular flexibility index (Phi) is 3.23. The summed E-state index contributed by atoms with van der Waals surface area (Å²) in [6, 6.07) is 8.52. The van der Waals surface area contributed by atoms with Gasteiger partial charge in [0.05, 0.1) is 5.69 Å². The molecule has 4 nitrogen and oxygen atoms in total. The smallest absolute Gasteiger partial charge is 0.325 e.